The van der Waals surface area contributed by atoms with E-state index < -0.39 is 5.54 Å². The van der Waals surface area contributed by atoms with Crippen molar-refractivity contribution >= 4 is 11.9 Å². The van der Waals surface area contributed by atoms with E-state index >= 15 is 0 Å². The van der Waals surface area contributed by atoms with Crippen LogP contribution in [-0.2, 0) is 9.53 Å². The van der Waals surface area contributed by atoms with Crippen molar-refractivity contribution in [3.63, 3.8) is 0 Å². The molecule has 5 heteroatoms. The van der Waals surface area contributed by atoms with E-state index in [0.717, 1.165) is 24.8 Å². The highest BCUT2D eigenvalue weighted by Crippen LogP contribution is 2.30. The van der Waals surface area contributed by atoms with Gasteiger partial charge in [-0.15, -0.1) is 0 Å². The first-order valence-electron chi connectivity index (χ1n) is 7.58. The molecule has 120 valence electrons. The second-order valence-corrected chi connectivity index (χ2v) is 5.77. The Morgan fingerprint density at radius 1 is 1.14 bits per heavy atom. The number of methoxy groups -OCH3 is 2. The summed E-state index contributed by atoms with van der Waals surface area (Å²) in [6.07, 6.45) is 4.13. The van der Waals surface area contributed by atoms with Crippen molar-refractivity contribution in [1.29, 1.82) is 0 Å². The number of hydrogen-bond donors (Lipinski definition) is 1. The fourth-order valence-corrected chi connectivity index (χ4v) is 2.98. The van der Waals surface area contributed by atoms with Gasteiger partial charge in [0.05, 0.1) is 14.2 Å². The topological polar surface area (TPSA) is 64.6 Å². The molecule has 2 rings (SSSR count). The Balaban J connectivity index is 2.23. The van der Waals surface area contributed by atoms with Crippen LogP contribution >= 0.6 is 0 Å². The Kier molecular flexibility index (Phi) is 5.06. The molecule has 0 aromatic heterocycles. The maximum Gasteiger partial charge on any atom is 0.331 e. The van der Waals surface area contributed by atoms with Gasteiger partial charge >= 0.3 is 5.97 Å². The van der Waals surface area contributed by atoms with Crippen molar-refractivity contribution in [3.8, 4) is 5.75 Å². The number of aryl methyl sites for hydroxylation is 1. The summed E-state index contributed by atoms with van der Waals surface area (Å²) >= 11 is 0. The number of carbonyl (C=O) groups is 2. The molecule has 22 heavy (non-hydrogen) atoms. The third kappa shape index (κ3) is 3.24. The predicted octanol–water partition coefficient (Wildman–Crippen LogP) is 2.61. The second kappa shape index (κ2) is 6.81. The van der Waals surface area contributed by atoms with E-state index in [1.54, 1.807) is 19.2 Å². The first-order chi connectivity index (χ1) is 10.5. The Labute approximate surface area is 131 Å². The van der Waals surface area contributed by atoms with Crippen LogP contribution in [0, 0.1) is 6.92 Å². The van der Waals surface area contributed by atoms with Gasteiger partial charge in [-0.3, -0.25) is 4.79 Å². The van der Waals surface area contributed by atoms with Gasteiger partial charge in [0.2, 0.25) is 0 Å². The molecule has 1 aliphatic carbocycles. The fraction of sp³-hybridized carbons (Fsp3) is 0.529. The van der Waals surface area contributed by atoms with Crippen LogP contribution in [0.15, 0.2) is 18.2 Å². The van der Waals surface area contributed by atoms with Crippen LogP contribution in [0.3, 0.4) is 0 Å². The smallest absolute Gasteiger partial charge is 0.331 e. The zero-order chi connectivity index (χ0) is 16.2. The average Bonchev–Trinajstić information content (AvgIpc) is 2.55. The van der Waals surface area contributed by atoms with Gasteiger partial charge in [-0.25, -0.2) is 4.79 Å². The number of amides is 1. The zero-order valence-corrected chi connectivity index (χ0v) is 13.4. The highest BCUT2D eigenvalue weighted by atomic mass is 16.5. The Hall–Kier alpha value is -2.04. The summed E-state index contributed by atoms with van der Waals surface area (Å²) in [6.45, 7) is 1.91. The van der Waals surface area contributed by atoms with Gasteiger partial charge in [-0.05, 0) is 37.5 Å². The fourth-order valence-electron chi connectivity index (χ4n) is 2.98. The molecular weight excluding hydrogens is 282 g/mol. The molecule has 0 aliphatic heterocycles. The summed E-state index contributed by atoms with van der Waals surface area (Å²) in [5, 5.41) is 2.90. The van der Waals surface area contributed by atoms with E-state index in [-0.39, 0.29) is 11.9 Å². The lowest BCUT2D eigenvalue weighted by Crippen LogP contribution is -2.56. The molecule has 0 unspecified atom stereocenters. The molecule has 1 aliphatic rings. The number of benzene rings is 1. The molecule has 0 heterocycles. The van der Waals surface area contributed by atoms with Gasteiger partial charge < -0.3 is 14.8 Å². The molecule has 1 aromatic carbocycles. The average molecular weight is 305 g/mol. The SMILES string of the molecule is COC(=O)C1(NC(=O)c2ccc(C)c(OC)c2)CCCCC1. The second-order valence-electron chi connectivity index (χ2n) is 5.77. The number of hydrogen-bond acceptors (Lipinski definition) is 4. The van der Waals surface area contributed by atoms with Crippen LogP contribution in [0.25, 0.3) is 0 Å². The lowest BCUT2D eigenvalue weighted by molar-refractivity contribution is -0.149. The van der Waals surface area contributed by atoms with Gasteiger partial charge in [0.25, 0.3) is 5.91 Å². The molecule has 0 atom stereocenters. The minimum Gasteiger partial charge on any atom is -0.496 e. The van der Waals surface area contributed by atoms with E-state index in [1.165, 1.54) is 7.11 Å². The Bertz CT molecular complexity index is 562. The Morgan fingerprint density at radius 2 is 1.82 bits per heavy atom. The van der Waals surface area contributed by atoms with Crippen molar-refractivity contribution in [2.75, 3.05) is 14.2 Å². The van der Waals surface area contributed by atoms with Gasteiger partial charge in [0.1, 0.15) is 11.3 Å². The third-order valence-corrected chi connectivity index (χ3v) is 4.31. The van der Waals surface area contributed by atoms with Crippen molar-refractivity contribution in [2.24, 2.45) is 0 Å². The summed E-state index contributed by atoms with van der Waals surface area (Å²) in [4.78, 5) is 24.7. The van der Waals surface area contributed by atoms with Crippen molar-refractivity contribution < 1.29 is 19.1 Å². The van der Waals surface area contributed by atoms with E-state index in [1.807, 2.05) is 13.0 Å². The van der Waals surface area contributed by atoms with Gasteiger partial charge in [-0.1, -0.05) is 25.3 Å². The van der Waals surface area contributed by atoms with E-state index in [9.17, 15) is 9.59 Å². The summed E-state index contributed by atoms with van der Waals surface area (Å²) < 4.78 is 10.2. The number of nitrogens with one attached hydrogen (secondary N) is 1. The van der Waals surface area contributed by atoms with Crippen molar-refractivity contribution in [3.05, 3.63) is 29.3 Å². The van der Waals surface area contributed by atoms with Crippen molar-refractivity contribution in [2.45, 2.75) is 44.6 Å². The molecule has 1 amide bonds. The summed E-state index contributed by atoms with van der Waals surface area (Å²) in [6, 6.07) is 5.26. The van der Waals surface area contributed by atoms with Gasteiger partial charge in [0.15, 0.2) is 0 Å². The summed E-state index contributed by atoms with van der Waals surface area (Å²) in [5.74, 6) is 0.0219. The summed E-state index contributed by atoms with van der Waals surface area (Å²) in [7, 11) is 2.93. The summed E-state index contributed by atoms with van der Waals surface area (Å²) in [5.41, 5.74) is 0.540. The predicted molar refractivity (Wildman–Crippen MR) is 83.0 cm³/mol. The molecule has 1 saturated carbocycles. The van der Waals surface area contributed by atoms with Crippen LogP contribution in [0.1, 0.15) is 48.0 Å². The molecule has 1 N–H and O–H groups in total. The van der Waals surface area contributed by atoms with Crippen LogP contribution < -0.4 is 10.1 Å². The third-order valence-electron chi connectivity index (χ3n) is 4.31. The molecule has 1 aromatic rings. The van der Waals surface area contributed by atoms with E-state index in [2.05, 4.69) is 5.32 Å². The minimum absolute atomic E-state index is 0.273. The number of ether oxygens (including phenoxy) is 2. The quantitative estimate of drug-likeness (QED) is 0.869. The molecule has 0 spiro atoms. The highest BCUT2D eigenvalue weighted by molar-refractivity contribution is 5.98. The van der Waals surface area contributed by atoms with Crippen LogP contribution in [0.4, 0.5) is 0 Å². The lowest BCUT2D eigenvalue weighted by atomic mass is 9.81. The monoisotopic (exact) mass is 305 g/mol. The maximum atomic E-state index is 12.5. The first kappa shape index (κ1) is 16.3. The minimum atomic E-state index is -0.901. The van der Waals surface area contributed by atoms with E-state index in [0.29, 0.717) is 24.2 Å². The number of rotatable bonds is 4. The molecule has 1 fully saturated rings. The molecule has 0 saturated heterocycles. The molecule has 5 nitrogen and oxygen atoms in total. The van der Waals surface area contributed by atoms with E-state index in [4.69, 9.17) is 9.47 Å². The molecule has 0 radical (unpaired) electrons. The van der Waals surface area contributed by atoms with Crippen LogP contribution in [0.2, 0.25) is 0 Å². The number of esters is 1. The molecule has 0 bridgehead atoms. The standard InChI is InChI=1S/C17H23NO4/c1-12-7-8-13(11-14(12)21-2)15(19)18-17(16(20)22-3)9-5-4-6-10-17/h7-8,11H,4-6,9-10H2,1-3H3,(H,18,19). The maximum absolute atomic E-state index is 12.5. The zero-order valence-electron chi connectivity index (χ0n) is 13.4. The highest BCUT2D eigenvalue weighted by Gasteiger charge is 2.42. The molecular formula is C17H23NO4. The van der Waals surface area contributed by atoms with Gasteiger partial charge in [0, 0.05) is 5.56 Å². The van der Waals surface area contributed by atoms with Gasteiger partial charge in [-0.2, -0.15) is 0 Å². The normalized spacial score (nSPS) is 16.7. The lowest BCUT2D eigenvalue weighted by Gasteiger charge is -2.35. The largest absolute Gasteiger partial charge is 0.496 e. The van der Waals surface area contributed by atoms with Crippen molar-refractivity contribution in [1.82, 2.24) is 5.32 Å². The first-order valence-corrected chi connectivity index (χ1v) is 7.58. The number of carbonyl (C=O) groups excluding carboxylic acids is 2. The van der Waals surface area contributed by atoms with Crippen LogP contribution in [0.5, 0.6) is 5.75 Å². The Morgan fingerprint density at radius 3 is 2.41 bits per heavy atom. The van der Waals surface area contributed by atoms with Crippen LogP contribution in [-0.4, -0.2) is 31.6 Å².